The van der Waals surface area contributed by atoms with Gasteiger partial charge in [0, 0.05) is 6.04 Å². The Labute approximate surface area is 81.3 Å². The number of benzene rings is 1. The van der Waals surface area contributed by atoms with Crippen molar-refractivity contribution in [3.63, 3.8) is 0 Å². The SMILES string of the molecule is NC1Cc2ccc(OC(=O)O)cc2C1. The first-order chi connectivity index (χ1) is 6.65. The van der Waals surface area contributed by atoms with E-state index >= 15 is 0 Å². The van der Waals surface area contributed by atoms with E-state index in [0.29, 0.717) is 5.75 Å². The van der Waals surface area contributed by atoms with E-state index in [1.807, 2.05) is 6.07 Å². The van der Waals surface area contributed by atoms with Crippen LogP contribution in [-0.2, 0) is 12.8 Å². The lowest BCUT2D eigenvalue weighted by Gasteiger charge is -2.02. The fourth-order valence-electron chi connectivity index (χ4n) is 1.79. The minimum Gasteiger partial charge on any atom is -0.449 e. The molecule has 0 spiro atoms. The van der Waals surface area contributed by atoms with Gasteiger partial charge >= 0.3 is 6.16 Å². The lowest BCUT2D eigenvalue weighted by Crippen LogP contribution is -2.18. The zero-order valence-corrected chi connectivity index (χ0v) is 7.56. The third kappa shape index (κ3) is 1.70. The van der Waals surface area contributed by atoms with Gasteiger partial charge in [-0.1, -0.05) is 6.07 Å². The highest BCUT2D eigenvalue weighted by molar-refractivity contribution is 5.61. The maximum atomic E-state index is 10.3. The third-order valence-corrected chi connectivity index (χ3v) is 2.35. The van der Waals surface area contributed by atoms with Crippen LogP contribution in [0.25, 0.3) is 0 Å². The summed E-state index contributed by atoms with van der Waals surface area (Å²) < 4.78 is 4.55. The van der Waals surface area contributed by atoms with Crippen LogP contribution in [-0.4, -0.2) is 17.3 Å². The Kier molecular flexibility index (Phi) is 2.13. The molecule has 0 bridgehead atoms. The summed E-state index contributed by atoms with van der Waals surface area (Å²) >= 11 is 0. The van der Waals surface area contributed by atoms with Crippen LogP contribution in [0.5, 0.6) is 5.75 Å². The number of carbonyl (C=O) groups is 1. The van der Waals surface area contributed by atoms with Crippen LogP contribution in [0.2, 0.25) is 0 Å². The number of hydrogen-bond acceptors (Lipinski definition) is 3. The lowest BCUT2D eigenvalue weighted by atomic mass is 10.1. The van der Waals surface area contributed by atoms with Gasteiger partial charge in [0.25, 0.3) is 0 Å². The van der Waals surface area contributed by atoms with Gasteiger partial charge in [-0.05, 0) is 36.1 Å². The van der Waals surface area contributed by atoms with Gasteiger partial charge in [-0.15, -0.1) is 0 Å². The molecule has 1 aromatic carbocycles. The molecule has 1 aliphatic carbocycles. The molecule has 0 aliphatic heterocycles. The highest BCUT2D eigenvalue weighted by Crippen LogP contribution is 2.25. The maximum Gasteiger partial charge on any atom is 0.511 e. The highest BCUT2D eigenvalue weighted by atomic mass is 16.7. The third-order valence-electron chi connectivity index (χ3n) is 2.35. The molecular formula is C10H11NO3. The van der Waals surface area contributed by atoms with E-state index in [1.165, 1.54) is 5.56 Å². The summed E-state index contributed by atoms with van der Waals surface area (Å²) in [7, 11) is 0. The Balaban J connectivity index is 2.24. The van der Waals surface area contributed by atoms with Gasteiger partial charge in [-0.3, -0.25) is 0 Å². The second kappa shape index (κ2) is 3.31. The second-order valence-electron chi connectivity index (χ2n) is 3.47. The average Bonchev–Trinajstić information content (AvgIpc) is 2.42. The predicted octanol–water partition coefficient (Wildman–Crippen LogP) is 1.17. The molecule has 0 saturated carbocycles. The molecule has 0 amide bonds. The van der Waals surface area contributed by atoms with Crippen molar-refractivity contribution in [3.8, 4) is 5.75 Å². The summed E-state index contributed by atoms with van der Waals surface area (Å²) in [5.74, 6) is 0.366. The first-order valence-corrected chi connectivity index (χ1v) is 4.43. The van der Waals surface area contributed by atoms with E-state index < -0.39 is 6.16 Å². The average molecular weight is 193 g/mol. The van der Waals surface area contributed by atoms with Crippen molar-refractivity contribution in [2.24, 2.45) is 5.73 Å². The zero-order chi connectivity index (χ0) is 10.1. The molecule has 2 rings (SSSR count). The Bertz CT molecular complexity index is 376. The first kappa shape index (κ1) is 9.02. The predicted molar refractivity (Wildman–Crippen MR) is 50.5 cm³/mol. The Morgan fingerprint density at radius 2 is 2.14 bits per heavy atom. The normalized spacial score (nSPS) is 19.1. The van der Waals surface area contributed by atoms with Gasteiger partial charge in [0.2, 0.25) is 0 Å². The topological polar surface area (TPSA) is 72.5 Å². The monoisotopic (exact) mass is 193 g/mol. The molecule has 4 nitrogen and oxygen atoms in total. The van der Waals surface area contributed by atoms with E-state index in [4.69, 9.17) is 10.8 Å². The highest BCUT2D eigenvalue weighted by Gasteiger charge is 2.18. The molecule has 0 saturated heterocycles. The largest absolute Gasteiger partial charge is 0.511 e. The first-order valence-electron chi connectivity index (χ1n) is 4.43. The quantitative estimate of drug-likeness (QED) is 0.518. The van der Waals surface area contributed by atoms with Crippen molar-refractivity contribution < 1.29 is 14.6 Å². The van der Waals surface area contributed by atoms with Crippen LogP contribution in [0.3, 0.4) is 0 Å². The Hall–Kier alpha value is -1.55. The maximum absolute atomic E-state index is 10.3. The van der Waals surface area contributed by atoms with Crippen molar-refractivity contribution in [1.29, 1.82) is 0 Å². The van der Waals surface area contributed by atoms with Crippen LogP contribution in [0.1, 0.15) is 11.1 Å². The Morgan fingerprint density at radius 1 is 1.43 bits per heavy atom. The molecule has 3 N–H and O–H groups in total. The summed E-state index contributed by atoms with van der Waals surface area (Å²) in [5.41, 5.74) is 8.06. The minimum atomic E-state index is -1.28. The summed E-state index contributed by atoms with van der Waals surface area (Å²) in [4.78, 5) is 10.3. The molecule has 74 valence electrons. The van der Waals surface area contributed by atoms with Crippen molar-refractivity contribution in [2.45, 2.75) is 18.9 Å². The van der Waals surface area contributed by atoms with Crippen LogP contribution in [0.4, 0.5) is 4.79 Å². The van der Waals surface area contributed by atoms with E-state index in [9.17, 15) is 4.79 Å². The number of hydrogen-bond donors (Lipinski definition) is 2. The van der Waals surface area contributed by atoms with Crippen molar-refractivity contribution >= 4 is 6.16 Å². The van der Waals surface area contributed by atoms with Gasteiger partial charge in [-0.25, -0.2) is 4.79 Å². The van der Waals surface area contributed by atoms with E-state index in [2.05, 4.69) is 4.74 Å². The Morgan fingerprint density at radius 3 is 2.86 bits per heavy atom. The van der Waals surface area contributed by atoms with Crippen LogP contribution in [0, 0.1) is 0 Å². The molecule has 1 aliphatic rings. The molecule has 1 atom stereocenters. The van der Waals surface area contributed by atoms with Crippen LogP contribution >= 0.6 is 0 Å². The van der Waals surface area contributed by atoms with Gasteiger partial charge in [0.1, 0.15) is 5.75 Å². The number of ether oxygens (including phenoxy) is 1. The number of fused-ring (bicyclic) bond motifs is 1. The minimum absolute atomic E-state index is 0.157. The van der Waals surface area contributed by atoms with Gasteiger partial charge in [0.05, 0.1) is 0 Å². The fraction of sp³-hybridized carbons (Fsp3) is 0.300. The number of carboxylic acid groups (broad SMARTS) is 1. The van der Waals surface area contributed by atoms with E-state index in [-0.39, 0.29) is 6.04 Å². The standard InChI is InChI=1S/C10H11NO3/c11-8-3-6-1-2-9(14-10(12)13)5-7(6)4-8/h1-2,5,8H,3-4,11H2,(H,12,13). The molecule has 0 aromatic heterocycles. The molecule has 1 aromatic rings. The fourth-order valence-corrected chi connectivity index (χ4v) is 1.79. The van der Waals surface area contributed by atoms with E-state index in [1.54, 1.807) is 12.1 Å². The molecule has 4 heteroatoms. The zero-order valence-electron chi connectivity index (χ0n) is 7.56. The van der Waals surface area contributed by atoms with Crippen LogP contribution in [0.15, 0.2) is 18.2 Å². The molecular weight excluding hydrogens is 182 g/mol. The van der Waals surface area contributed by atoms with Crippen LogP contribution < -0.4 is 10.5 Å². The van der Waals surface area contributed by atoms with Crippen molar-refractivity contribution in [3.05, 3.63) is 29.3 Å². The smallest absolute Gasteiger partial charge is 0.449 e. The summed E-state index contributed by atoms with van der Waals surface area (Å²) in [6, 6.07) is 5.44. The lowest BCUT2D eigenvalue weighted by molar-refractivity contribution is 0.144. The molecule has 0 heterocycles. The molecule has 0 radical (unpaired) electrons. The molecule has 0 fully saturated rings. The molecule has 14 heavy (non-hydrogen) atoms. The van der Waals surface area contributed by atoms with E-state index in [0.717, 1.165) is 18.4 Å². The van der Waals surface area contributed by atoms with Gasteiger partial charge in [0.15, 0.2) is 0 Å². The summed E-state index contributed by atoms with van der Waals surface area (Å²) in [6.07, 6.45) is 0.377. The van der Waals surface area contributed by atoms with Gasteiger partial charge in [-0.2, -0.15) is 0 Å². The van der Waals surface area contributed by atoms with Crippen molar-refractivity contribution in [1.82, 2.24) is 0 Å². The van der Waals surface area contributed by atoms with Crippen molar-refractivity contribution in [2.75, 3.05) is 0 Å². The summed E-state index contributed by atoms with van der Waals surface area (Å²) in [6.45, 7) is 0. The summed E-state index contributed by atoms with van der Waals surface area (Å²) in [5, 5.41) is 8.42. The number of nitrogens with two attached hydrogens (primary N) is 1. The van der Waals surface area contributed by atoms with Gasteiger partial charge < -0.3 is 15.6 Å². The molecule has 1 unspecified atom stereocenters. The second-order valence-corrected chi connectivity index (χ2v) is 3.47. The number of rotatable bonds is 1.